The van der Waals surface area contributed by atoms with Crippen molar-refractivity contribution in [2.24, 2.45) is 5.92 Å². The summed E-state index contributed by atoms with van der Waals surface area (Å²) in [6, 6.07) is 7.23. The average Bonchev–Trinajstić information content (AvgIpc) is 3.47. The second kappa shape index (κ2) is 8.88. The normalized spacial score (nSPS) is 12.9. The standard InChI is InChI=1S/C20H21NO6S/c1-3-26-20(24)17-15(12-6-8-14(25-2)9-7-12)11-28-18(17)21-16(22)10-27-19(23)13-4-5-13/h6-9,11,13H,3-5,10H2,1-2H3,(H,21,22). The lowest BCUT2D eigenvalue weighted by atomic mass is 10.0. The Morgan fingerprint density at radius 1 is 1.14 bits per heavy atom. The summed E-state index contributed by atoms with van der Waals surface area (Å²) in [5.41, 5.74) is 1.72. The lowest BCUT2D eigenvalue weighted by Crippen LogP contribution is -2.22. The molecule has 0 spiro atoms. The van der Waals surface area contributed by atoms with Crippen LogP contribution in [0.25, 0.3) is 11.1 Å². The number of anilines is 1. The van der Waals surface area contributed by atoms with Gasteiger partial charge in [0, 0.05) is 10.9 Å². The summed E-state index contributed by atoms with van der Waals surface area (Å²) in [5.74, 6) is -0.762. The van der Waals surface area contributed by atoms with Gasteiger partial charge in [0.2, 0.25) is 0 Å². The lowest BCUT2D eigenvalue weighted by molar-refractivity contribution is -0.148. The molecule has 0 aliphatic heterocycles. The first-order chi connectivity index (χ1) is 13.5. The molecule has 7 nitrogen and oxygen atoms in total. The van der Waals surface area contributed by atoms with E-state index in [1.54, 1.807) is 31.5 Å². The molecule has 3 rings (SSSR count). The van der Waals surface area contributed by atoms with Crippen molar-refractivity contribution in [2.75, 3.05) is 25.6 Å². The van der Waals surface area contributed by atoms with Crippen LogP contribution in [0, 0.1) is 5.92 Å². The topological polar surface area (TPSA) is 90.9 Å². The van der Waals surface area contributed by atoms with Crippen molar-refractivity contribution >= 4 is 34.2 Å². The van der Waals surface area contributed by atoms with Crippen LogP contribution < -0.4 is 10.1 Å². The maximum atomic E-state index is 12.5. The van der Waals surface area contributed by atoms with Crippen molar-refractivity contribution in [1.82, 2.24) is 0 Å². The molecular weight excluding hydrogens is 382 g/mol. The van der Waals surface area contributed by atoms with Crippen LogP contribution in [0.5, 0.6) is 5.75 Å². The van der Waals surface area contributed by atoms with Crippen molar-refractivity contribution in [3.63, 3.8) is 0 Å². The van der Waals surface area contributed by atoms with Crippen molar-refractivity contribution < 1.29 is 28.6 Å². The summed E-state index contributed by atoms with van der Waals surface area (Å²) in [5, 5.41) is 4.79. The minimum absolute atomic E-state index is 0.0775. The highest BCUT2D eigenvalue weighted by Gasteiger charge is 2.31. The van der Waals surface area contributed by atoms with Crippen molar-refractivity contribution in [2.45, 2.75) is 19.8 Å². The summed E-state index contributed by atoms with van der Waals surface area (Å²) >= 11 is 1.21. The van der Waals surface area contributed by atoms with E-state index < -0.39 is 11.9 Å². The van der Waals surface area contributed by atoms with E-state index in [1.807, 2.05) is 12.1 Å². The molecule has 8 heteroatoms. The van der Waals surface area contributed by atoms with E-state index >= 15 is 0 Å². The fraction of sp³-hybridized carbons (Fsp3) is 0.350. The van der Waals surface area contributed by atoms with Gasteiger partial charge < -0.3 is 19.5 Å². The summed E-state index contributed by atoms with van der Waals surface area (Å²) in [6.07, 6.45) is 1.62. The van der Waals surface area contributed by atoms with Gasteiger partial charge in [-0.05, 0) is 37.5 Å². The number of esters is 2. The molecule has 0 saturated heterocycles. The molecule has 148 valence electrons. The van der Waals surface area contributed by atoms with Gasteiger partial charge in [-0.15, -0.1) is 11.3 Å². The minimum atomic E-state index is -0.528. The van der Waals surface area contributed by atoms with Crippen LogP contribution in [0.4, 0.5) is 5.00 Å². The number of carbonyl (C=O) groups excluding carboxylic acids is 3. The van der Waals surface area contributed by atoms with Crippen molar-refractivity contribution in [1.29, 1.82) is 0 Å². The zero-order valence-corrected chi connectivity index (χ0v) is 16.5. The van der Waals surface area contributed by atoms with Gasteiger partial charge in [0.05, 0.1) is 19.6 Å². The number of carbonyl (C=O) groups is 3. The van der Waals surface area contributed by atoms with Crippen LogP contribution >= 0.6 is 11.3 Å². The van der Waals surface area contributed by atoms with Gasteiger partial charge >= 0.3 is 11.9 Å². The van der Waals surface area contributed by atoms with E-state index in [4.69, 9.17) is 14.2 Å². The summed E-state index contributed by atoms with van der Waals surface area (Å²) in [7, 11) is 1.58. The van der Waals surface area contributed by atoms with Gasteiger partial charge in [-0.25, -0.2) is 4.79 Å². The van der Waals surface area contributed by atoms with E-state index in [0.29, 0.717) is 16.3 Å². The molecule has 1 aromatic heterocycles. The molecule has 1 saturated carbocycles. The third kappa shape index (κ3) is 4.69. The van der Waals surface area contributed by atoms with E-state index in [1.165, 1.54) is 11.3 Å². The zero-order valence-electron chi connectivity index (χ0n) is 15.7. The maximum Gasteiger partial charge on any atom is 0.341 e. The predicted octanol–water partition coefficient (Wildman–Crippen LogP) is 3.49. The van der Waals surface area contributed by atoms with Gasteiger partial charge in [0.25, 0.3) is 5.91 Å². The number of nitrogens with one attached hydrogen (secondary N) is 1. The molecule has 0 radical (unpaired) electrons. The Kier molecular flexibility index (Phi) is 6.30. The number of thiophene rings is 1. The Labute approximate surface area is 166 Å². The number of benzene rings is 1. The quantitative estimate of drug-likeness (QED) is 0.679. The molecule has 0 bridgehead atoms. The molecule has 1 fully saturated rings. The highest BCUT2D eigenvalue weighted by molar-refractivity contribution is 7.15. The van der Waals surface area contributed by atoms with E-state index in [0.717, 1.165) is 18.4 Å². The Morgan fingerprint density at radius 3 is 2.46 bits per heavy atom. The molecule has 0 atom stereocenters. The van der Waals surface area contributed by atoms with Gasteiger partial charge in [-0.2, -0.15) is 0 Å². The van der Waals surface area contributed by atoms with Crippen LogP contribution in [0.3, 0.4) is 0 Å². The molecule has 1 aliphatic carbocycles. The molecule has 28 heavy (non-hydrogen) atoms. The van der Waals surface area contributed by atoms with Gasteiger partial charge in [-0.3, -0.25) is 9.59 Å². The van der Waals surface area contributed by atoms with Crippen LogP contribution in [0.1, 0.15) is 30.1 Å². The molecule has 1 amide bonds. The number of rotatable bonds is 8. The molecule has 1 N–H and O–H groups in total. The van der Waals surface area contributed by atoms with Crippen LogP contribution in [0.15, 0.2) is 29.6 Å². The first-order valence-corrected chi connectivity index (χ1v) is 9.81. The van der Waals surface area contributed by atoms with Gasteiger partial charge in [0.1, 0.15) is 16.3 Å². The van der Waals surface area contributed by atoms with Crippen molar-refractivity contribution in [3.8, 4) is 16.9 Å². The Bertz CT molecular complexity index is 869. The second-order valence-corrected chi connectivity index (χ2v) is 7.11. The minimum Gasteiger partial charge on any atom is -0.497 e. The van der Waals surface area contributed by atoms with Crippen LogP contribution in [-0.4, -0.2) is 38.2 Å². The molecular formula is C20H21NO6S. The zero-order chi connectivity index (χ0) is 20.1. The third-order valence-electron chi connectivity index (χ3n) is 4.18. The lowest BCUT2D eigenvalue weighted by Gasteiger charge is -2.09. The first-order valence-electron chi connectivity index (χ1n) is 8.93. The molecule has 2 aromatic rings. The SMILES string of the molecule is CCOC(=O)c1c(-c2ccc(OC)cc2)csc1NC(=O)COC(=O)C1CC1. The van der Waals surface area contributed by atoms with Gasteiger partial charge in [-0.1, -0.05) is 12.1 Å². The highest BCUT2D eigenvalue weighted by atomic mass is 32.1. The Morgan fingerprint density at radius 2 is 1.86 bits per heavy atom. The first kappa shape index (κ1) is 19.9. The van der Waals surface area contributed by atoms with Crippen molar-refractivity contribution in [3.05, 3.63) is 35.2 Å². The summed E-state index contributed by atoms with van der Waals surface area (Å²) < 4.78 is 15.3. The van der Waals surface area contributed by atoms with Crippen LogP contribution in [0.2, 0.25) is 0 Å². The highest BCUT2D eigenvalue weighted by Crippen LogP contribution is 2.37. The predicted molar refractivity (Wildman–Crippen MR) is 105 cm³/mol. The van der Waals surface area contributed by atoms with E-state index in [9.17, 15) is 14.4 Å². The third-order valence-corrected chi connectivity index (χ3v) is 5.08. The fourth-order valence-corrected chi connectivity index (χ4v) is 3.55. The molecule has 1 aliphatic rings. The monoisotopic (exact) mass is 403 g/mol. The Balaban J connectivity index is 1.79. The molecule has 0 unspecified atom stereocenters. The molecule has 1 aromatic carbocycles. The summed E-state index contributed by atoms with van der Waals surface area (Å²) in [6.45, 7) is 1.55. The summed E-state index contributed by atoms with van der Waals surface area (Å²) in [4.78, 5) is 36.3. The number of hydrogen-bond donors (Lipinski definition) is 1. The maximum absolute atomic E-state index is 12.5. The molecule has 1 heterocycles. The largest absolute Gasteiger partial charge is 0.497 e. The number of hydrogen-bond acceptors (Lipinski definition) is 7. The number of ether oxygens (including phenoxy) is 3. The fourth-order valence-electron chi connectivity index (χ4n) is 2.58. The van der Waals surface area contributed by atoms with Crippen LogP contribution in [-0.2, 0) is 19.1 Å². The smallest absolute Gasteiger partial charge is 0.341 e. The van der Waals surface area contributed by atoms with Gasteiger partial charge in [0.15, 0.2) is 6.61 Å². The second-order valence-electron chi connectivity index (χ2n) is 6.23. The number of amides is 1. The Hall–Kier alpha value is -2.87. The van der Waals surface area contributed by atoms with E-state index in [-0.39, 0.29) is 30.7 Å². The average molecular weight is 403 g/mol. The number of methoxy groups -OCH3 is 1. The van der Waals surface area contributed by atoms with E-state index in [2.05, 4.69) is 5.32 Å².